The maximum absolute atomic E-state index is 14.0. The Hall–Kier alpha value is -3.35. The van der Waals surface area contributed by atoms with Crippen molar-refractivity contribution in [1.29, 1.82) is 0 Å². The van der Waals surface area contributed by atoms with E-state index in [1.54, 1.807) is 28.9 Å². The van der Waals surface area contributed by atoms with Gasteiger partial charge in [-0.05, 0) is 86.2 Å². The van der Waals surface area contributed by atoms with Crippen LogP contribution in [-0.4, -0.2) is 49.9 Å². The number of carbonyl (C=O) groups excluding carboxylic acids is 1. The molecule has 3 N–H and O–H groups in total. The van der Waals surface area contributed by atoms with E-state index in [-0.39, 0.29) is 18.3 Å². The highest BCUT2D eigenvalue weighted by Crippen LogP contribution is 2.37. The average Bonchev–Trinajstić information content (AvgIpc) is 3.64. The van der Waals surface area contributed by atoms with Crippen LogP contribution in [0.5, 0.6) is 0 Å². The molecule has 2 aromatic heterocycles. The van der Waals surface area contributed by atoms with Gasteiger partial charge >= 0.3 is 6.18 Å². The van der Waals surface area contributed by atoms with Gasteiger partial charge in [0.15, 0.2) is 5.69 Å². The van der Waals surface area contributed by atoms with Crippen LogP contribution in [0.4, 0.5) is 13.2 Å². The topological polar surface area (TPSA) is 91.3 Å². The fraction of sp³-hybridized carbons (Fsp3) is 0.378. The molecule has 1 unspecified atom stereocenters. The second-order valence-electron chi connectivity index (χ2n) is 13.0. The highest BCUT2D eigenvalue weighted by molar-refractivity contribution is 7.96. The molecule has 2 aliphatic rings. The predicted octanol–water partition coefficient (Wildman–Crippen LogP) is 8.41. The van der Waals surface area contributed by atoms with E-state index in [4.69, 9.17) is 28.3 Å². The number of benzene rings is 2. The van der Waals surface area contributed by atoms with Gasteiger partial charge in [0.05, 0.1) is 41.6 Å². The minimum absolute atomic E-state index is 0.0180. The van der Waals surface area contributed by atoms with Crippen molar-refractivity contribution in [3.63, 3.8) is 0 Å². The third kappa shape index (κ3) is 9.79. The third-order valence-electron chi connectivity index (χ3n) is 9.03. The maximum atomic E-state index is 14.0. The molecule has 0 radical (unpaired) electrons. The first kappa shape index (κ1) is 38.4. The molecule has 4 aromatic rings. The van der Waals surface area contributed by atoms with E-state index in [2.05, 4.69) is 32.6 Å². The number of hydrazine groups is 1. The van der Waals surface area contributed by atoms with Gasteiger partial charge in [-0.2, -0.15) is 18.3 Å². The van der Waals surface area contributed by atoms with Crippen LogP contribution in [-0.2, 0) is 22.6 Å². The number of thiophene rings is 1. The minimum atomic E-state index is -4.44. The van der Waals surface area contributed by atoms with Crippen LogP contribution < -0.4 is 14.9 Å². The summed E-state index contributed by atoms with van der Waals surface area (Å²) in [5.41, 5.74) is 4.28. The lowest BCUT2D eigenvalue weighted by Gasteiger charge is -2.26. The first-order valence-electron chi connectivity index (χ1n) is 17.2. The number of aromatic nitrogens is 2. The van der Waals surface area contributed by atoms with Gasteiger partial charge in [0.25, 0.3) is 5.91 Å². The number of nitrogens with one attached hydrogen (secondary N) is 3. The van der Waals surface area contributed by atoms with Crippen molar-refractivity contribution in [1.82, 2.24) is 29.7 Å². The van der Waals surface area contributed by atoms with E-state index in [1.165, 1.54) is 23.5 Å². The van der Waals surface area contributed by atoms with Crippen LogP contribution >= 0.6 is 34.5 Å². The van der Waals surface area contributed by atoms with Gasteiger partial charge in [-0.1, -0.05) is 67.1 Å². The molecule has 1 aliphatic heterocycles. The second-order valence-corrected chi connectivity index (χ2v) is 16.8. The number of rotatable bonds is 9. The summed E-state index contributed by atoms with van der Waals surface area (Å²) in [5.74, 6) is 9.56. The van der Waals surface area contributed by atoms with E-state index in [0.29, 0.717) is 55.4 Å². The number of amides is 1. The molecular weight excluding hydrogens is 752 g/mol. The Morgan fingerprint density at radius 1 is 0.962 bits per heavy atom. The Bertz CT molecular complexity index is 2060. The molecule has 0 bridgehead atoms. The Balaban J connectivity index is 1.40. The lowest BCUT2D eigenvalue weighted by molar-refractivity contribution is -0.137. The molecule has 6 rings (SSSR count). The third-order valence-corrected chi connectivity index (χ3v) is 11.9. The van der Waals surface area contributed by atoms with Crippen LogP contribution in [0.1, 0.15) is 89.8 Å². The highest BCUT2D eigenvalue weighted by Gasteiger charge is 2.30. The quantitative estimate of drug-likeness (QED) is 0.0903. The smallest absolute Gasteiger partial charge is 0.283 e. The summed E-state index contributed by atoms with van der Waals surface area (Å²) in [6, 6.07) is 13.3. The molecule has 8 nitrogen and oxygen atoms in total. The normalized spacial score (nSPS) is 17.2. The molecule has 276 valence electrons. The number of piperidine rings is 1. The van der Waals surface area contributed by atoms with Crippen molar-refractivity contribution in [2.75, 3.05) is 13.1 Å². The summed E-state index contributed by atoms with van der Waals surface area (Å²) in [6.45, 7) is 1.40. The van der Waals surface area contributed by atoms with Crippen molar-refractivity contribution in [2.45, 2.75) is 76.6 Å². The van der Waals surface area contributed by atoms with E-state index in [0.717, 1.165) is 69.9 Å². The largest absolute Gasteiger partial charge is 0.416 e. The molecule has 3 heterocycles. The lowest BCUT2D eigenvalue weighted by Crippen LogP contribution is -2.45. The van der Waals surface area contributed by atoms with Gasteiger partial charge in [-0.25, -0.2) is 23.3 Å². The summed E-state index contributed by atoms with van der Waals surface area (Å²) in [7, 11) is -2.99. The monoisotopic (exact) mass is 790 g/mol. The van der Waals surface area contributed by atoms with Crippen LogP contribution in [0, 0.1) is 11.8 Å². The molecule has 1 aliphatic carbocycles. The van der Waals surface area contributed by atoms with Crippen molar-refractivity contribution < 1.29 is 22.2 Å². The van der Waals surface area contributed by atoms with E-state index < -0.39 is 27.5 Å². The number of hydrogen-bond donors (Lipinski definition) is 3. The van der Waals surface area contributed by atoms with Crippen molar-refractivity contribution in [3.8, 4) is 28.1 Å². The van der Waals surface area contributed by atoms with Crippen molar-refractivity contribution in [2.24, 2.45) is 0 Å². The molecule has 15 heteroatoms. The maximum Gasteiger partial charge on any atom is 0.416 e. The zero-order chi connectivity index (χ0) is 36.9. The summed E-state index contributed by atoms with van der Waals surface area (Å²) < 4.78 is 61.0. The molecule has 1 saturated heterocycles. The molecule has 52 heavy (non-hydrogen) atoms. The summed E-state index contributed by atoms with van der Waals surface area (Å²) in [6.07, 6.45) is 4.76. The number of nitrogens with zero attached hydrogens (tertiary/aromatic N) is 3. The number of hydrogen-bond acceptors (Lipinski definition) is 5. The van der Waals surface area contributed by atoms with Crippen LogP contribution in [0.25, 0.3) is 16.3 Å². The minimum Gasteiger partial charge on any atom is -0.283 e. The van der Waals surface area contributed by atoms with E-state index >= 15 is 0 Å². The standard InChI is InChI=1S/C37H39Cl2F3N6O2S2/c1-52(50,46-28-9-5-2-3-6-10-28)43-24-30-34(36(49)45-47-21-7-4-8-22-47)44-48(32-19-16-27(38)23-31(32)39)35(30)33-20-18-29(51-33)17-13-25-11-14-26(15-12-25)37(40,41)42/h11-12,14-16,18-20,23,28H,1-10,21-22,24H2,(H,45,49)(H2,43,46,50). The number of halogens is 5. The summed E-state index contributed by atoms with van der Waals surface area (Å²) in [4.78, 5) is 15.3. The van der Waals surface area contributed by atoms with Gasteiger partial charge in [0.2, 0.25) is 0 Å². The van der Waals surface area contributed by atoms with Gasteiger partial charge in [0, 0.05) is 41.8 Å². The Morgan fingerprint density at radius 2 is 1.65 bits per heavy atom. The van der Waals surface area contributed by atoms with Crippen LogP contribution in [0.2, 0.25) is 10.0 Å². The highest BCUT2D eigenvalue weighted by atomic mass is 35.5. The Labute approximate surface area is 316 Å². The Kier molecular flexibility index (Phi) is 12.4. The first-order chi connectivity index (χ1) is 24.9. The lowest BCUT2D eigenvalue weighted by atomic mass is 10.1. The van der Waals surface area contributed by atoms with Gasteiger partial charge in [-0.3, -0.25) is 10.2 Å². The molecule has 1 amide bonds. The summed E-state index contributed by atoms with van der Waals surface area (Å²) >= 11 is 14.3. The zero-order valence-corrected chi connectivity index (χ0v) is 31.5. The first-order valence-corrected chi connectivity index (χ1v) is 20.5. The van der Waals surface area contributed by atoms with Crippen LogP contribution in [0.3, 0.4) is 0 Å². The number of alkyl halides is 3. The predicted molar refractivity (Wildman–Crippen MR) is 204 cm³/mol. The molecule has 1 saturated carbocycles. The summed E-state index contributed by atoms with van der Waals surface area (Å²) in [5, 5.41) is 7.43. The van der Waals surface area contributed by atoms with Gasteiger partial charge < -0.3 is 0 Å². The van der Waals surface area contributed by atoms with Crippen LogP contribution in [0.15, 0.2) is 54.6 Å². The SMILES string of the molecule is C=S(=O)(NCc1c(C(=O)NN2CCCCC2)nn(-c2ccc(Cl)cc2Cl)c1-c1ccc(C#Cc2ccc(C(F)(F)F)cc2)s1)NC1CCCCCC1. The fourth-order valence-electron chi connectivity index (χ4n) is 6.39. The van der Waals surface area contributed by atoms with E-state index in [1.807, 2.05) is 11.1 Å². The van der Waals surface area contributed by atoms with Gasteiger partial charge in [-0.15, -0.1) is 11.3 Å². The van der Waals surface area contributed by atoms with Crippen molar-refractivity contribution >= 4 is 56.2 Å². The molecule has 2 fully saturated rings. The average molecular weight is 792 g/mol. The Morgan fingerprint density at radius 3 is 2.33 bits per heavy atom. The van der Waals surface area contributed by atoms with E-state index in [9.17, 15) is 22.2 Å². The second kappa shape index (κ2) is 16.8. The molecule has 2 aromatic carbocycles. The van der Waals surface area contributed by atoms with Gasteiger partial charge in [0.1, 0.15) is 0 Å². The zero-order valence-electron chi connectivity index (χ0n) is 28.3. The molecule has 0 spiro atoms. The number of carbonyl (C=O) groups is 1. The van der Waals surface area contributed by atoms with Crippen molar-refractivity contribution in [3.05, 3.63) is 91.9 Å². The molecule has 1 atom stereocenters. The fourth-order valence-corrected chi connectivity index (χ4v) is 9.03. The molecular formula is C37H39Cl2F3N6O2S2.